The molecule has 45 heavy (non-hydrogen) atoms. The Kier molecular flexibility index (Phi) is 9.42. The van der Waals surface area contributed by atoms with E-state index in [9.17, 15) is 24.2 Å². The minimum Gasteiger partial charge on any atom is -0.506 e. The van der Waals surface area contributed by atoms with Crippen LogP contribution in [0.15, 0.2) is 41.2 Å². The van der Waals surface area contributed by atoms with Gasteiger partial charge in [0.2, 0.25) is 0 Å². The molecule has 0 unspecified atom stereocenters. The molecule has 1 atom stereocenters. The van der Waals surface area contributed by atoms with Crippen LogP contribution in [0.1, 0.15) is 55.7 Å². The summed E-state index contributed by atoms with van der Waals surface area (Å²) >= 11 is 2.61. The van der Waals surface area contributed by atoms with Crippen LogP contribution in [0, 0.1) is 19.7 Å². The average Bonchev–Trinajstić information content (AvgIpc) is 3.57. The number of morpholine rings is 1. The number of aliphatic hydroxyl groups excluding tert-OH is 1. The highest BCUT2D eigenvalue weighted by Crippen LogP contribution is 2.33. The SMILES string of the molecule is Cc1cc(C(=O)N2CCOC3(CCN(Cc4cc(F)cc(CCNC[C@H](O)c5ccc(O)c6[nH]c(=O)sc56)c4)CC3)C2)c(C)s1. The number of ether oxygens (including phenoxy) is 1. The Balaban J connectivity index is 0.996. The first-order valence-corrected chi connectivity index (χ1v) is 17.0. The molecule has 4 N–H and O–H groups in total. The number of carbonyl (C=O) groups excluding carboxylic acids is 1. The highest BCUT2D eigenvalue weighted by Gasteiger charge is 2.41. The number of likely N-dealkylation sites (tertiary alicyclic amines) is 1. The van der Waals surface area contributed by atoms with Gasteiger partial charge in [0.25, 0.3) is 5.91 Å². The van der Waals surface area contributed by atoms with Crippen molar-refractivity contribution in [1.29, 1.82) is 0 Å². The topological polar surface area (TPSA) is 118 Å². The highest BCUT2D eigenvalue weighted by molar-refractivity contribution is 7.16. The summed E-state index contributed by atoms with van der Waals surface area (Å²) in [5.41, 5.74) is 3.16. The van der Waals surface area contributed by atoms with Crippen molar-refractivity contribution in [3.05, 3.63) is 83.9 Å². The minimum atomic E-state index is -0.868. The van der Waals surface area contributed by atoms with Gasteiger partial charge >= 0.3 is 4.87 Å². The van der Waals surface area contributed by atoms with Gasteiger partial charge < -0.3 is 30.2 Å². The minimum absolute atomic E-state index is 0.0291. The summed E-state index contributed by atoms with van der Waals surface area (Å²) in [5.74, 6) is -0.206. The number of fused-ring (bicyclic) bond motifs is 1. The molecule has 4 heterocycles. The number of piperidine rings is 1. The lowest BCUT2D eigenvalue weighted by molar-refractivity contribution is -0.127. The van der Waals surface area contributed by atoms with Crippen LogP contribution in [0.25, 0.3) is 10.2 Å². The van der Waals surface area contributed by atoms with Crippen molar-refractivity contribution in [2.24, 2.45) is 0 Å². The fourth-order valence-electron chi connectivity index (χ4n) is 6.55. The summed E-state index contributed by atoms with van der Waals surface area (Å²) in [4.78, 5) is 33.8. The Labute approximate surface area is 269 Å². The number of phenolic OH excluding ortho intramolecular Hbond substituents is 1. The van der Waals surface area contributed by atoms with Crippen LogP contribution in [0.5, 0.6) is 5.75 Å². The molecule has 240 valence electrons. The molecule has 2 aromatic carbocycles. The maximum atomic E-state index is 14.6. The second-order valence-corrected chi connectivity index (χ2v) is 14.6. The molecule has 9 nitrogen and oxygen atoms in total. The van der Waals surface area contributed by atoms with E-state index in [0.29, 0.717) is 55.0 Å². The van der Waals surface area contributed by atoms with Gasteiger partial charge in [-0.15, -0.1) is 11.3 Å². The van der Waals surface area contributed by atoms with Crippen molar-refractivity contribution in [3.8, 4) is 5.75 Å². The molecular formula is C33H39FN4O5S2. The highest BCUT2D eigenvalue weighted by atomic mass is 32.1. The molecule has 0 aliphatic carbocycles. The molecule has 6 rings (SSSR count). The molecule has 0 radical (unpaired) electrons. The Morgan fingerprint density at radius 1 is 1.13 bits per heavy atom. The standard InChI is InChI=1S/C33H39FN4O5S2/c1-20-13-26(21(2)44-20)31(41)38-11-12-43-33(19-38)6-9-37(10-7-33)18-23-14-22(15-24(34)16-23)5-8-35-17-28(40)25-3-4-27(39)29-30(25)45-32(42)36-29/h3-4,13-16,28,35,39-40H,5-12,17-19H2,1-2H3,(H,36,42)/t28-/m0/s1. The summed E-state index contributed by atoms with van der Waals surface area (Å²) < 4.78 is 21.4. The predicted molar refractivity (Wildman–Crippen MR) is 175 cm³/mol. The number of halogens is 1. The lowest BCUT2D eigenvalue weighted by Crippen LogP contribution is -2.57. The van der Waals surface area contributed by atoms with Crippen molar-refractivity contribution in [2.75, 3.05) is 45.9 Å². The second-order valence-electron chi connectivity index (χ2n) is 12.2. The largest absolute Gasteiger partial charge is 0.506 e. The second kappa shape index (κ2) is 13.3. The number of aromatic nitrogens is 1. The monoisotopic (exact) mass is 654 g/mol. The van der Waals surface area contributed by atoms with Crippen molar-refractivity contribution in [1.82, 2.24) is 20.1 Å². The van der Waals surface area contributed by atoms with Gasteiger partial charge in [0, 0.05) is 48.0 Å². The summed E-state index contributed by atoms with van der Waals surface area (Å²) in [6.45, 7) is 8.83. The van der Waals surface area contributed by atoms with Crippen molar-refractivity contribution < 1.29 is 24.1 Å². The van der Waals surface area contributed by atoms with Gasteiger partial charge in [-0.2, -0.15) is 0 Å². The van der Waals surface area contributed by atoms with Gasteiger partial charge in [0.05, 0.1) is 35.1 Å². The number of H-pyrrole nitrogens is 1. The summed E-state index contributed by atoms with van der Waals surface area (Å²) in [5, 5.41) is 24.0. The number of amides is 1. The van der Waals surface area contributed by atoms with Crippen LogP contribution in [-0.2, 0) is 17.7 Å². The Hall–Kier alpha value is -3.13. The maximum absolute atomic E-state index is 14.6. The van der Waals surface area contributed by atoms with Gasteiger partial charge in [0.15, 0.2) is 0 Å². The molecule has 2 aromatic heterocycles. The number of aryl methyl sites for hydroxylation is 2. The van der Waals surface area contributed by atoms with E-state index in [4.69, 9.17) is 4.74 Å². The lowest BCUT2D eigenvalue weighted by Gasteiger charge is -2.47. The molecule has 1 spiro atoms. The van der Waals surface area contributed by atoms with Crippen LogP contribution < -0.4 is 10.2 Å². The first-order chi connectivity index (χ1) is 21.6. The number of carbonyl (C=O) groups is 1. The number of thiophene rings is 1. The van der Waals surface area contributed by atoms with E-state index in [-0.39, 0.29) is 34.5 Å². The van der Waals surface area contributed by atoms with Crippen molar-refractivity contribution in [3.63, 3.8) is 0 Å². The fourth-order valence-corrected chi connectivity index (χ4v) is 8.38. The fraction of sp³-hybridized carbons (Fsp3) is 0.455. The number of nitrogens with zero attached hydrogens (tertiary/aromatic N) is 2. The lowest BCUT2D eigenvalue weighted by atomic mass is 9.88. The molecule has 2 aliphatic heterocycles. The number of benzene rings is 2. The molecule has 12 heteroatoms. The van der Waals surface area contributed by atoms with E-state index >= 15 is 0 Å². The van der Waals surface area contributed by atoms with Crippen LogP contribution in [0.3, 0.4) is 0 Å². The van der Waals surface area contributed by atoms with Crippen LogP contribution in [-0.4, -0.2) is 82.4 Å². The van der Waals surface area contributed by atoms with E-state index in [0.717, 1.165) is 63.7 Å². The average molecular weight is 655 g/mol. The number of hydrogen-bond donors (Lipinski definition) is 4. The molecule has 2 fully saturated rings. The van der Waals surface area contributed by atoms with E-state index in [1.54, 1.807) is 29.5 Å². The summed E-state index contributed by atoms with van der Waals surface area (Å²) in [6, 6.07) is 10.2. The number of phenols is 1. The zero-order valence-electron chi connectivity index (χ0n) is 25.5. The third kappa shape index (κ3) is 7.16. The van der Waals surface area contributed by atoms with E-state index in [1.165, 1.54) is 6.07 Å². The number of aromatic amines is 1. The Morgan fingerprint density at radius 2 is 1.91 bits per heavy atom. The van der Waals surface area contributed by atoms with Gasteiger partial charge in [0.1, 0.15) is 17.1 Å². The number of aromatic hydroxyl groups is 1. The Bertz CT molecular complexity index is 1740. The number of nitrogens with one attached hydrogen (secondary N) is 2. The molecule has 2 saturated heterocycles. The first-order valence-electron chi connectivity index (χ1n) is 15.3. The van der Waals surface area contributed by atoms with E-state index in [1.807, 2.05) is 30.9 Å². The van der Waals surface area contributed by atoms with Gasteiger partial charge in [-0.25, -0.2) is 4.39 Å². The molecule has 4 aromatic rings. The number of rotatable bonds is 9. The van der Waals surface area contributed by atoms with E-state index < -0.39 is 6.10 Å². The third-order valence-electron chi connectivity index (χ3n) is 8.87. The normalized spacial score (nSPS) is 17.7. The van der Waals surface area contributed by atoms with E-state index in [2.05, 4.69) is 15.2 Å². The molecule has 1 amide bonds. The molecular weight excluding hydrogens is 616 g/mol. The molecule has 0 saturated carbocycles. The van der Waals surface area contributed by atoms with Crippen LogP contribution in [0.4, 0.5) is 4.39 Å². The van der Waals surface area contributed by atoms with Gasteiger partial charge in [-0.1, -0.05) is 23.5 Å². The van der Waals surface area contributed by atoms with Crippen LogP contribution in [0.2, 0.25) is 0 Å². The third-order valence-corrected chi connectivity index (χ3v) is 10.8. The maximum Gasteiger partial charge on any atom is 0.305 e. The van der Waals surface area contributed by atoms with Gasteiger partial charge in [-0.05, 0) is 75.0 Å². The number of thiazole rings is 1. The smallest absolute Gasteiger partial charge is 0.305 e. The first kappa shape index (κ1) is 31.8. The van der Waals surface area contributed by atoms with Crippen molar-refractivity contribution >= 4 is 38.8 Å². The number of aliphatic hydroxyl groups is 1. The molecule has 2 aliphatic rings. The quantitative estimate of drug-likeness (QED) is 0.197. The Morgan fingerprint density at radius 3 is 2.67 bits per heavy atom. The summed E-state index contributed by atoms with van der Waals surface area (Å²) in [6.07, 6.45) is 1.36. The summed E-state index contributed by atoms with van der Waals surface area (Å²) in [7, 11) is 0. The van der Waals surface area contributed by atoms with Crippen LogP contribution >= 0.6 is 22.7 Å². The zero-order valence-corrected chi connectivity index (χ0v) is 27.2. The number of hydrogen-bond acceptors (Lipinski definition) is 9. The van der Waals surface area contributed by atoms with Gasteiger partial charge in [-0.3, -0.25) is 14.5 Å². The zero-order chi connectivity index (χ0) is 31.7. The molecule has 0 bridgehead atoms. The predicted octanol–water partition coefficient (Wildman–Crippen LogP) is 4.49. The van der Waals surface area contributed by atoms with Crippen molar-refractivity contribution in [2.45, 2.75) is 51.4 Å².